The van der Waals surface area contributed by atoms with E-state index in [0.717, 1.165) is 35.2 Å². The highest BCUT2D eigenvalue weighted by Gasteiger charge is 2.32. The van der Waals surface area contributed by atoms with Crippen molar-refractivity contribution in [3.8, 4) is 22.4 Å². The molecule has 0 spiro atoms. The molecule has 1 aliphatic rings. The molecule has 43 heavy (non-hydrogen) atoms. The van der Waals surface area contributed by atoms with Gasteiger partial charge in [-0.2, -0.15) is 0 Å². The third-order valence-corrected chi connectivity index (χ3v) is 6.75. The molecule has 3 heterocycles. The molecule has 1 aliphatic heterocycles. The summed E-state index contributed by atoms with van der Waals surface area (Å²) >= 11 is 0. The number of ether oxygens (including phenoxy) is 2. The maximum atomic E-state index is 12.8. The lowest BCUT2D eigenvalue weighted by atomic mass is 10.0. The van der Waals surface area contributed by atoms with Gasteiger partial charge in [-0.3, -0.25) is 9.78 Å². The highest BCUT2D eigenvalue weighted by atomic mass is 16.6. The Morgan fingerprint density at radius 2 is 1.63 bits per heavy atom. The van der Waals surface area contributed by atoms with Crippen LogP contribution in [0.3, 0.4) is 0 Å². The van der Waals surface area contributed by atoms with E-state index in [9.17, 15) is 14.4 Å². The Balaban J connectivity index is 1.32. The van der Waals surface area contributed by atoms with Crippen LogP contribution in [0.5, 0.6) is 0 Å². The molecule has 0 aliphatic carbocycles. The van der Waals surface area contributed by atoms with E-state index >= 15 is 0 Å². The van der Waals surface area contributed by atoms with Gasteiger partial charge in [-0.05, 0) is 72.9 Å². The zero-order valence-electron chi connectivity index (χ0n) is 26.0. The standard InChI is InChI=1S/C32H42N6O5/c1-20(36-29(40)42-31(2,3)4)27-34-19-26(37-27)22-12-10-21(11-13-22)23-14-15-25(33-17-23)28(39)35-18-24-9-8-16-38(24)30(41)43-32(5,6)7/h10-15,17,19-20,24H,8-9,16,18H2,1-7H3,(H,34,37)(H,35,39)(H,36,40)/t20-,24-/m0/s1. The van der Waals surface area contributed by atoms with Crippen molar-refractivity contribution in [2.75, 3.05) is 13.1 Å². The zero-order chi connectivity index (χ0) is 31.4. The van der Waals surface area contributed by atoms with Crippen LogP contribution in [0.1, 0.15) is 83.7 Å². The van der Waals surface area contributed by atoms with Gasteiger partial charge in [0.2, 0.25) is 0 Å². The summed E-state index contributed by atoms with van der Waals surface area (Å²) in [5, 5.41) is 5.70. The first-order valence-electron chi connectivity index (χ1n) is 14.6. The Bertz CT molecular complexity index is 1420. The fourth-order valence-corrected chi connectivity index (χ4v) is 4.70. The Kier molecular flexibility index (Phi) is 9.42. The summed E-state index contributed by atoms with van der Waals surface area (Å²) in [6.45, 7) is 13.8. The van der Waals surface area contributed by atoms with Crippen molar-refractivity contribution in [3.05, 3.63) is 60.3 Å². The number of aromatic amines is 1. The largest absolute Gasteiger partial charge is 0.444 e. The second kappa shape index (κ2) is 12.8. The summed E-state index contributed by atoms with van der Waals surface area (Å²) in [5.41, 5.74) is 2.63. The first kappa shape index (κ1) is 31.5. The highest BCUT2D eigenvalue weighted by molar-refractivity contribution is 5.92. The van der Waals surface area contributed by atoms with Crippen molar-refractivity contribution in [1.82, 2.24) is 30.5 Å². The van der Waals surface area contributed by atoms with Crippen LogP contribution in [-0.2, 0) is 9.47 Å². The van der Waals surface area contributed by atoms with E-state index in [1.165, 1.54) is 0 Å². The molecule has 1 fully saturated rings. The predicted molar refractivity (Wildman–Crippen MR) is 163 cm³/mol. The number of hydrogen-bond donors (Lipinski definition) is 3. The van der Waals surface area contributed by atoms with Gasteiger partial charge in [0, 0.05) is 36.6 Å². The summed E-state index contributed by atoms with van der Waals surface area (Å²) in [4.78, 5) is 51.2. The lowest BCUT2D eigenvalue weighted by Crippen LogP contribution is -2.45. The number of carbonyl (C=O) groups excluding carboxylic acids is 3. The Labute approximate surface area is 252 Å². The van der Waals surface area contributed by atoms with E-state index in [4.69, 9.17) is 9.47 Å². The average molecular weight is 591 g/mol. The van der Waals surface area contributed by atoms with E-state index in [1.807, 2.05) is 78.8 Å². The molecule has 0 bridgehead atoms. The van der Waals surface area contributed by atoms with Crippen molar-refractivity contribution < 1.29 is 23.9 Å². The normalized spacial score (nSPS) is 16.0. The zero-order valence-corrected chi connectivity index (χ0v) is 26.0. The van der Waals surface area contributed by atoms with Gasteiger partial charge in [0.15, 0.2) is 0 Å². The molecule has 230 valence electrons. The summed E-state index contributed by atoms with van der Waals surface area (Å²) in [7, 11) is 0. The van der Waals surface area contributed by atoms with Crippen molar-refractivity contribution in [3.63, 3.8) is 0 Å². The number of pyridine rings is 1. The van der Waals surface area contributed by atoms with E-state index in [2.05, 4.69) is 25.6 Å². The summed E-state index contributed by atoms with van der Waals surface area (Å²) in [6.07, 6.45) is 4.29. The molecule has 3 N–H and O–H groups in total. The molecule has 0 unspecified atom stereocenters. The smallest absolute Gasteiger partial charge is 0.410 e. The van der Waals surface area contributed by atoms with E-state index in [1.54, 1.807) is 23.4 Å². The Morgan fingerprint density at radius 3 is 2.26 bits per heavy atom. The van der Waals surface area contributed by atoms with Crippen molar-refractivity contribution in [1.29, 1.82) is 0 Å². The summed E-state index contributed by atoms with van der Waals surface area (Å²) in [5.74, 6) is 0.330. The lowest BCUT2D eigenvalue weighted by molar-refractivity contribution is 0.0224. The van der Waals surface area contributed by atoms with Gasteiger partial charge in [-0.25, -0.2) is 14.6 Å². The fraction of sp³-hybridized carbons (Fsp3) is 0.469. The molecule has 11 heteroatoms. The molecule has 0 saturated carbocycles. The number of nitrogens with zero attached hydrogens (tertiary/aromatic N) is 3. The predicted octanol–water partition coefficient (Wildman–Crippen LogP) is 5.85. The number of benzene rings is 1. The maximum absolute atomic E-state index is 12.8. The van der Waals surface area contributed by atoms with Crippen molar-refractivity contribution in [2.45, 2.75) is 84.6 Å². The third-order valence-electron chi connectivity index (χ3n) is 6.75. The van der Waals surface area contributed by atoms with Gasteiger partial charge < -0.3 is 30.0 Å². The summed E-state index contributed by atoms with van der Waals surface area (Å²) in [6, 6.07) is 10.9. The minimum Gasteiger partial charge on any atom is -0.444 e. The number of likely N-dealkylation sites (tertiary alicyclic amines) is 1. The van der Waals surface area contributed by atoms with Crippen LogP contribution in [0, 0.1) is 0 Å². The second-order valence-corrected chi connectivity index (χ2v) is 12.7. The summed E-state index contributed by atoms with van der Waals surface area (Å²) < 4.78 is 10.8. The Morgan fingerprint density at radius 1 is 0.977 bits per heavy atom. The first-order chi connectivity index (χ1) is 20.2. The number of amides is 3. The molecule has 4 rings (SSSR count). The molecule has 2 aromatic heterocycles. The van der Waals surface area contributed by atoms with Crippen LogP contribution < -0.4 is 10.6 Å². The van der Waals surface area contributed by atoms with Crippen LogP contribution >= 0.6 is 0 Å². The van der Waals surface area contributed by atoms with Gasteiger partial charge in [0.1, 0.15) is 22.7 Å². The van der Waals surface area contributed by atoms with Crippen molar-refractivity contribution in [2.24, 2.45) is 0 Å². The van der Waals surface area contributed by atoms with E-state index in [0.29, 0.717) is 24.6 Å². The van der Waals surface area contributed by atoms with Crippen LogP contribution in [0.2, 0.25) is 0 Å². The van der Waals surface area contributed by atoms with Gasteiger partial charge in [-0.1, -0.05) is 30.3 Å². The maximum Gasteiger partial charge on any atom is 0.410 e. The second-order valence-electron chi connectivity index (χ2n) is 12.7. The quantitative estimate of drug-likeness (QED) is 0.314. The molecule has 3 amide bonds. The SMILES string of the molecule is C[C@H](NC(=O)OC(C)(C)C)c1nc(-c2ccc(-c3ccc(C(=O)NC[C@@H]4CCCN4C(=O)OC(C)(C)C)nc3)cc2)c[nH]1. The lowest BCUT2D eigenvalue weighted by Gasteiger charge is -2.28. The van der Waals surface area contributed by atoms with Crippen LogP contribution in [-0.4, -0.2) is 68.3 Å². The van der Waals surface area contributed by atoms with E-state index < -0.39 is 17.3 Å². The Hall–Kier alpha value is -4.41. The molecule has 11 nitrogen and oxygen atoms in total. The molecular weight excluding hydrogens is 548 g/mol. The minimum absolute atomic E-state index is 0.105. The number of nitrogens with one attached hydrogen (secondary N) is 3. The van der Waals surface area contributed by atoms with Crippen LogP contribution in [0.4, 0.5) is 9.59 Å². The van der Waals surface area contributed by atoms with Gasteiger partial charge in [0.25, 0.3) is 5.91 Å². The van der Waals surface area contributed by atoms with Crippen molar-refractivity contribution >= 4 is 18.1 Å². The highest BCUT2D eigenvalue weighted by Crippen LogP contribution is 2.25. The fourth-order valence-electron chi connectivity index (χ4n) is 4.70. The van der Waals surface area contributed by atoms with Crippen LogP contribution in [0.15, 0.2) is 48.8 Å². The number of carbonyl (C=O) groups is 3. The molecule has 2 atom stereocenters. The monoisotopic (exact) mass is 590 g/mol. The number of alkyl carbamates (subject to hydrolysis) is 1. The molecule has 0 radical (unpaired) electrons. The number of imidazole rings is 1. The first-order valence-corrected chi connectivity index (χ1v) is 14.6. The topological polar surface area (TPSA) is 139 Å². The third kappa shape index (κ3) is 8.79. The van der Waals surface area contributed by atoms with Crippen LogP contribution in [0.25, 0.3) is 22.4 Å². The number of H-pyrrole nitrogens is 1. The van der Waals surface area contributed by atoms with E-state index in [-0.39, 0.29) is 24.1 Å². The minimum atomic E-state index is -0.579. The number of aromatic nitrogens is 3. The number of hydrogen-bond acceptors (Lipinski definition) is 7. The average Bonchev–Trinajstić information content (AvgIpc) is 3.60. The molecule has 1 saturated heterocycles. The molecular formula is C32H42N6O5. The number of rotatable bonds is 7. The van der Waals surface area contributed by atoms with Gasteiger partial charge >= 0.3 is 12.2 Å². The van der Waals surface area contributed by atoms with Gasteiger partial charge in [-0.15, -0.1) is 0 Å². The van der Waals surface area contributed by atoms with Gasteiger partial charge in [0.05, 0.1) is 17.8 Å². The molecule has 1 aromatic carbocycles. The molecule has 3 aromatic rings.